The van der Waals surface area contributed by atoms with E-state index in [4.69, 9.17) is 27.9 Å². The molecule has 1 heterocycles. The van der Waals surface area contributed by atoms with Crippen LogP contribution in [0.5, 0.6) is 5.75 Å². The third-order valence-corrected chi connectivity index (χ3v) is 3.73. The first kappa shape index (κ1) is 18.3. The standard InChI is InChI=1S/C13H16Cl2N2O3.ClH/c14-9-2-1-3-10(15)13(9)20-7-12(19)17-5-8-4-16-6-11(8)18;/h1-3,8,11,16,18H,4-7H2,(H,17,19);1H. The smallest absolute Gasteiger partial charge is 0.257 e. The molecular formula is C13H17Cl3N2O3. The number of aliphatic hydroxyl groups is 1. The molecule has 0 spiro atoms. The van der Waals surface area contributed by atoms with Crippen LogP contribution in [0.3, 0.4) is 0 Å². The largest absolute Gasteiger partial charge is 0.481 e. The summed E-state index contributed by atoms with van der Waals surface area (Å²) >= 11 is 11.9. The maximum absolute atomic E-state index is 11.7. The highest BCUT2D eigenvalue weighted by Crippen LogP contribution is 2.32. The summed E-state index contributed by atoms with van der Waals surface area (Å²) in [6.45, 7) is 1.50. The Bertz CT molecular complexity index is 467. The normalized spacial score (nSPS) is 20.7. The first-order valence-corrected chi connectivity index (χ1v) is 7.06. The van der Waals surface area contributed by atoms with Crippen LogP contribution in [0.4, 0.5) is 0 Å². The molecule has 1 amide bonds. The Balaban J connectivity index is 0.00000220. The van der Waals surface area contributed by atoms with Crippen molar-refractivity contribution in [2.45, 2.75) is 6.10 Å². The number of halogens is 3. The molecule has 1 saturated heterocycles. The van der Waals surface area contributed by atoms with E-state index >= 15 is 0 Å². The lowest BCUT2D eigenvalue weighted by atomic mass is 10.1. The minimum atomic E-state index is -0.422. The Labute approximate surface area is 139 Å². The van der Waals surface area contributed by atoms with Gasteiger partial charge in [-0.25, -0.2) is 0 Å². The summed E-state index contributed by atoms with van der Waals surface area (Å²) in [5.41, 5.74) is 0. The van der Waals surface area contributed by atoms with Crippen molar-refractivity contribution in [2.75, 3.05) is 26.2 Å². The van der Waals surface area contributed by atoms with E-state index in [-0.39, 0.29) is 30.8 Å². The van der Waals surface area contributed by atoms with Crippen LogP contribution in [0.25, 0.3) is 0 Å². The lowest BCUT2D eigenvalue weighted by Gasteiger charge is -2.14. The van der Waals surface area contributed by atoms with Crippen LogP contribution in [0, 0.1) is 5.92 Å². The molecule has 0 aromatic heterocycles. The minimum Gasteiger partial charge on any atom is -0.481 e. The van der Waals surface area contributed by atoms with Gasteiger partial charge in [0.15, 0.2) is 12.4 Å². The fourth-order valence-corrected chi connectivity index (χ4v) is 2.49. The van der Waals surface area contributed by atoms with Gasteiger partial charge in [0.05, 0.1) is 16.1 Å². The van der Waals surface area contributed by atoms with Crippen LogP contribution in [0.15, 0.2) is 18.2 Å². The van der Waals surface area contributed by atoms with Crippen molar-refractivity contribution < 1.29 is 14.6 Å². The lowest BCUT2D eigenvalue weighted by molar-refractivity contribution is -0.123. The number of carbonyl (C=O) groups is 1. The number of β-amino-alcohol motifs (C(OH)–C–C–N with tert-alkyl or cyclic N) is 1. The van der Waals surface area contributed by atoms with Gasteiger partial charge in [0.1, 0.15) is 0 Å². The molecule has 0 bridgehead atoms. The van der Waals surface area contributed by atoms with Crippen molar-refractivity contribution in [3.05, 3.63) is 28.2 Å². The van der Waals surface area contributed by atoms with Crippen molar-refractivity contribution in [1.82, 2.24) is 10.6 Å². The maximum Gasteiger partial charge on any atom is 0.257 e. The lowest BCUT2D eigenvalue weighted by Crippen LogP contribution is -2.36. The van der Waals surface area contributed by atoms with Gasteiger partial charge in [-0.2, -0.15) is 0 Å². The summed E-state index contributed by atoms with van der Waals surface area (Å²) in [4.78, 5) is 11.7. The molecular weight excluding hydrogens is 339 g/mol. The second-order valence-electron chi connectivity index (χ2n) is 4.63. The van der Waals surface area contributed by atoms with Crippen LogP contribution < -0.4 is 15.4 Å². The maximum atomic E-state index is 11.7. The van der Waals surface area contributed by atoms with Gasteiger partial charge in [-0.3, -0.25) is 4.79 Å². The van der Waals surface area contributed by atoms with Gasteiger partial charge >= 0.3 is 0 Å². The van der Waals surface area contributed by atoms with E-state index in [0.717, 1.165) is 0 Å². The van der Waals surface area contributed by atoms with Gasteiger partial charge in [-0.15, -0.1) is 12.4 Å². The van der Waals surface area contributed by atoms with Crippen LogP contribution in [-0.4, -0.2) is 43.4 Å². The Morgan fingerprint density at radius 3 is 2.62 bits per heavy atom. The van der Waals surface area contributed by atoms with Gasteiger partial charge < -0.3 is 20.5 Å². The average Bonchev–Trinajstić information content (AvgIpc) is 2.81. The molecule has 118 valence electrons. The fourth-order valence-electron chi connectivity index (χ4n) is 1.98. The zero-order valence-electron chi connectivity index (χ0n) is 11.1. The van der Waals surface area contributed by atoms with E-state index in [9.17, 15) is 9.90 Å². The molecule has 2 atom stereocenters. The molecule has 1 aromatic carbocycles. The van der Waals surface area contributed by atoms with Crippen molar-refractivity contribution in [3.63, 3.8) is 0 Å². The second kappa shape index (κ2) is 8.66. The van der Waals surface area contributed by atoms with E-state index < -0.39 is 6.10 Å². The number of carbonyl (C=O) groups excluding carboxylic acids is 1. The highest BCUT2D eigenvalue weighted by molar-refractivity contribution is 6.37. The molecule has 3 N–H and O–H groups in total. The molecule has 0 saturated carbocycles. The number of nitrogens with one attached hydrogen (secondary N) is 2. The van der Waals surface area contributed by atoms with Crippen molar-refractivity contribution in [2.24, 2.45) is 5.92 Å². The summed E-state index contributed by atoms with van der Waals surface area (Å²) in [6, 6.07) is 4.98. The third-order valence-electron chi connectivity index (χ3n) is 3.13. The molecule has 0 radical (unpaired) electrons. The van der Waals surface area contributed by atoms with Crippen LogP contribution in [0.2, 0.25) is 10.0 Å². The summed E-state index contributed by atoms with van der Waals surface area (Å²) in [5.74, 6) is 0.0523. The Hall–Kier alpha value is -0.720. The Kier molecular flexibility index (Phi) is 7.56. The van der Waals surface area contributed by atoms with Gasteiger partial charge in [0, 0.05) is 25.6 Å². The molecule has 5 nitrogen and oxygen atoms in total. The minimum absolute atomic E-state index is 0. The molecule has 1 fully saturated rings. The Morgan fingerprint density at radius 2 is 2.05 bits per heavy atom. The number of benzene rings is 1. The number of aliphatic hydroxyl groups excluding tert-OH is 1. The number of ether oxygens (including phenoxy) is 1. The van der Waals surface area contributed by atoms with E-state index in [1.807, 2.05) is 0 Å². The highest BCUT2D eigenvalue weighted by atomic mass is 35.5. The van der Waals surface area contributed by atoms with Crippen molar-refractivity contribution in [3.8, 4) is 5.75 Å². The molecule has 1 aliphatic rings. The zero-order valence-corrected chi connectivity index (χ0v) is 13.5. The van der Waals surface area contributed by atoms with Gasteiger partial charge in [-0.1, -0.05) is 29.3 Å². The number of rotatable bonds is 5. The topological polar surface area (TPSA) is 70.6 Å². The monoisotopic (exact) mass is 354 g/mol. The third kappa shape index (κ3) is 5.20. The molecule has 21 heavy (non-hydrogen) atoms. The number of amides is 1. The predicted octanol–water partition coefficient (Wildman–Crippen LogP) is 1.49. The number of hydrogen-bond acceptors (Lipinski definition) is 4. The molecule has 2 unspecified atom stereocenters. The van der Waals surface area contributed by atoms with E-state index in [0.29, 0.717) is 35.4 Å². The van der Waals surface area contributed by atoms with Gasteiger partial charge in [0.2, 0.25) is 0 Å². The fraction of sp³-hybridized carbons (Fsp3) is 0.462. The zero-order chi connectivity index (χ0) is 14.5. The summed E-state index contributed by atoms with van der Waals surface area (Å²) in [7, 11) is 0. The molecule has 1 aliphatic heterocycles. The average molecular weight is 356 g/mol. The van der Waals surface area contributed by atoms with Crippen LogP contribution in [0.1, 0.15) is 0 Å². The number of para-hydroxylation sites is 1. The van der Waals surface area contributed by atoms with Gasteiger partial charge in [-0.05, 0) is 12.1 Å². The first-order valence-electron chi connectivity index (χ1n) is 6.30. The predicted molar refractivity (Wildman–Crippen MR) is 84.6 cm³/mol. The number of hydrogen-bond donors (Lipinski definition) is 3. The first-order chi connectivity index (χ1) is 9.58. The quantitative estimate of drug-likeness (QED) is 0.748. The van der Waals surface area contributed by atoms with E-state index in [1.54, 1.807) is 18.2 Å². The summed E-state index contributed by atoms with van der Waals surface area (Å²) in [6.07, 6.45) is -0.422. The highest BCUT2D eigenvalue weighted by Gasteiger charge is 2.25. The second-order valence-corrected chi connectivity index (χ2v) is 5.44. The van der Waals surface area contributed by atoms with E-state index in [2.05, 4.69) is 10.6 Å². The molecule has 2 rings (SSSR count). The molecule has 0 aliphatic carbocycles. The van der Waals surface area contributed by atoms with Crippen molar-refractivity contribution in [1.29, 1.82) is 0 Å². The van der Waals surface area contributed by atoms with E-state index in [1.165, 1.54) is 0 Å². The molecule has 8 heteroatoms. The summed E-state index contributed by atoms with van der Waals surface area (Å²) in [5, 5.41) is 16.1. The van der Waals surface area contributed by atoms with Crippen molar-refractivity contribution >= 4 is 41.5 Å². The summed E-state index contributed by atoms with van der Waals surface area (Å²) < 4.78 is 5.32. The molecule has 1 aromatic rings. The SMILES string of the molecule is Cl.O=C(COc1c(Cl)cccc1Cl)NCC1CNCC1O. The van der Waals surface area contributed by atoms with Gasteiger partial charge in [0.25, 0.3) is 5.91 Å². The van der Waals surface area contributed by atoms with Crippen LogP contribution in [-0.2, 0) is 4.79 Å². The Morgan fingerprint density at radius 1 is 1.38 bits per heavy atom. The van der Waals surface area contributed by atoms with Crippen LogP contribution >= 0.6 is 35.6 Å².